The molecule has 1 aromatic carbocycles. The van der Waals surface area contributed by atoms with Crippen LogP contribution < -0.4 is 0 Å². The third-order valence-corrected chi connectivity index (χ3v) is 2.94. The Morgan fingerprint density at radius 3 is 2.58 bits per heavy atom. The Hall–Kier alpha value is -2.64. The number of halogens is 1. The molecule has 0 saturated heterocycles. The maximum absolute atomic E-state index is 8.91. The summed E-state index contributed by atoms with van der Waals surface area (Å²) in [6.45, 7) is 6.98. The third kappa shape index (κ3) is 1.86. The van der Waals surface area contributed by atoms with Gasteiger partial charge in [0.2, 0.25) is 5.65 Å². The molecule has 0 atom stereocenters. The predicted octanol–water partition coefficient (Wildman–Crippen LogP) is 2.76. The largest absolute Gasteiger partial charge is 0.358 e. The van der Waals surface area contributed by atoms with Gasteiger partial charge in [0.25, 0.3) is 5.65 Å². The highest BCUT2D eigenvalue weighted by Crippen LogP contribution is 2.21. The Balaban J connectivity index is 2.43. The Morgan fingerprint density at radius 1 is 1.11 bits per heavy atom. The number of hydrogen-bond donors (Lipinski definition) is 0. The minimum absolute atomic E-state index is 0.0340. The molecule has 0 unspecified atom stereocenters. The smallest absolute Gasteiger partial charge is 0.308 e. The van der Waals surface area contributed by atoms with Crippen LogP contribution >= 0.6 is 15.9 Å². The van der Waals surface area contributed by atoms with Crippen LogP contribution in [0.4, 0.5) is 5.82 Å². The second-order valence-electron chi connectivity index (χ2n) is 3.62. The summed E-state index contributed by atoms with van der Waals surface area (Å²) in [5, 5.41) is 8.91. The highest BCUT2D eigenvalue weighted by atomic mass is 79.9. The lowest BCUT2D eigenvalue weighted by Gasteiger charge is -1.99. The molecule has 19 heavy (non-hydrogen) atoms. The fraction of sp³-hybridized carbons (Fsp3) is 0. The molecule has 0 N–H and O–H groups in total. The van der Waals surface area contributed by atoms with E-state index in [9.17, 15) is 0 Å². The average Bonchev–Trinajstić information content (AvgIpc) is 2.43. The van der Waals surface area contributed by atoms with Crippen molar-refractivity contribution < 1.29 is 0 Å². The number of rotatable bonds is 0. The molecule has 0 radical (unpaired) electrons. The summed E-state index contributed by atoms with van der Waals surface area (Å²) in [7, 11) is 0. The van der Waals surface area contributed by atoms with Gasteiger partial charge in [-0.05, 0) is 18.2 Å². The minimum atomic E-state index is -0.0568. The van der Waals surface area contributed by atoms with Crippen molar-refractivity contribution >= 4 is 44.1 Å². The van der Waals surface area contributed by atoms with Crippen LogP contribution in [-0.4, -0.2) is 19.9 Å². The molecule has 2 heterocycles. The van der Waals surface area contributed by atoms with E-state index < -0.39 is 0 Å². The highest BCUT2D eigenvalue weighted by Gasteiger charge is 2.13. The van der Waals surface area contributed by atoms with E-state index in [1.165, 1.54) is 0 Å². The van der Waals surface area contributed by atoms with E-state index in [0.29, 0.717) is 11.0 Å². The summed E-state index contributed by atoms with van der Waals surface area (Å²) in [5.74, 6) is -0.0568. The van der Waals surface area contributed by atoms with Crippen LogP contribution in [0.5, 0.6) is 0 Å². The van der Waals surface area contributed by atoms with Gasteiger partial charge in [-0.15, -0.1) is 0 Å². The minimum Gasteiger partial charge on any atom is -0.358 e. The topological polar surface area (TPSA) is 79.7 Å². The Morgan fingerprint density at radius 2 is 1.84 bits per heavy atom. The van der Waals surface area contributed by atoms with Gasteiger partial charge in [0.15, 0.2) is 5.69 Å². The molecule has 6 nitrogen and oxygen atoms in total. The van der Waals surface area contributed by atoms with E-state index in [1.54, 1.807) is 12.1 Å². The number of benzene rings is 1. The van der Waals surface area contributed by atoms with Gasteiger partial charge in [0.05, 0.1) is 11.0 Å². The van der Waals surface area contributed by atoms with Crippen LogP contribution in [0.15, 0.2) is 22.7 Å². The molecule has 0 amide bonds. The van der Waals surface area contributed by atoms with Gasteiger partial charge in [-0.2, -0.15) is 5.26 Å². The fourth-order valence-corrected chi connectivity index (χ4v) is 1.97. The van der Waals surface area contributed by atoms with Crippen LogP contribution in [0.2, 0.25) is 0 Å². The number of nitrogens with zero attached hydrogens (tertiary/aromatic N) is 6. The summed E-state index contributed by atoms with van der Waals surface area (Å²) in [5.41, 5.74) is 1.80. The van der Waals surface area contributed by atoms with Crippen molar-refractivity contribution in [2.45, 2.75) is 0 Å². The molecule has 0 spiro atoms. The Bertz CT molecular complexity index is 906. The second-order valence-corrected chi connectivity index (χ2v) is 4.54. The summed E-state index contributed by atoms with van der Waals surface area (Å²) in [6.07, 6.45) is 0. The lowest BCUT2D eigenvalue weighted by molar-refractivity contribution is 1.18. The van der Waals surface area contributed by atoms with Crippen molar-refractivity contribution in [1.82, 2.24) is 19.9 Å². The van der Waals surface area contributed by atoms with Gasteiger partial charge in [0, 0.05) is 4.47 Å². The molecule has 0 saturated carbocycles. The summed E-state index contributed by atoms with van der Waals surface area (Å²) in [4.78, 5) is 19.8. The molecule has 3 rings (SSSR count). The molecule has 7 heteroatoms. The SMILES string of the molecule is [C-]#[N+]c1nc2nc3cc(Br)ccc3nc2nc1C#N. The van der Waals surface area contributed by atoms with Gasteiger partial charge < -0.3 is 4.85 Å². The number of nitriles is 1. The molecule has 0 aliphatic rings. The van der Waals surface area contributed by atoms with Crippen molar-refractivity contribution in [3.8, 4) is 6.07 Å². The summed E-state index contributed by atoms with van der Waals surface area (Å²) in [6, 6.07) is 7.27. The maximum Gasteiger partial charge on any atom is 0.308 e. The fourth-order valence-electron chi connectivity index (χ4n) is 1.62. The van der Waals surface area contributed by atoms with E-state index >= 15 is 0 Å². The van der Waals surface area contributed by atoms with E-state index in [-0.39, 0.29) is 22.8 Å². The van der Waals surface area contributed by atoms with Crippen molar-refractivity contribution in [2.24, 2.45) is 0 Å². The quantitative estimate of drug-likeness (QED) is 0.471. The van der Waals surface area contributed by atoms with Gasteiger partial charge >= 0.3 is 5.82 Å². The lowest BCUT2D eigenvalue weighted by atomic mass is 10.3. The number of hydrogen-bond acceptors (Lipinski definition) is 5. The second kappa shape index (κ2) is 4.23. The molecular weight excluding hydrogens is 308 g/mol. The molecule has 0 aliphatic carbocycles. The first-order chi connectivity index (χ1) is 9.21. The molecule has 2 aromatic heterocycles. The summed E-state index contributed by atoms with van der Waals surface area (Å²) >= 11 is 3.35. The van der Waals surface area contributed by atoms with E-state index in [1.807, 2.05) is 12.1 Å². The first kappa shape index (κ1) is 11.5. The Labute approximate surface area is 115 Å². The van der Waals surface area contributed by atoms with Gasteiger partial charge in [-0.25, -0.2) is 15.0 Å². The van der Waals surface area contributed by atoms with Gasteiger partial charge in [-0.1, -0.05) is 27.5 Å². The standard InChI is InChI=1S/C12H3BrN6/c1-15-10-9(5-14)18-11-12(19-10)17-8-4-6(13)2-3-7(8)16-11/h2-4H. The van der Waals surface area contributed by atoms with Crippen LogP contribution in [0.25, 0.3) is 27.2 Å². The Kier molecular flexibility index (Phi) is 2.55. The van der Waals surface area contributed by atoms with Crippen LogP contribution in [-0.2, 0) is 0 Å². The predicted molar refractivity (Wildman–Crippen MR) is 71.3 cm³/mol. The van der Waals surface area contributed by atoms with Crippen molar-refractivity contribution in [3.63, 3.8) is 0 Å². The van der Waals surface area contributed by atoms with E-state index in [4.69, 9.17) is 11.8 Å². The first-order valence-corrected chi connectivity index (χ1v) is 5.93. The zero-order chi connectivity index (χ0) is 13.4. The molecule has 88 valence electrons. The van der Waals surface area contributed by atoms with E-state index in [0.717, 1.165) is 4.47 Å². The van der Waals surface area contributed by atoms with Gasteiger partial charge in [-0.3, -0.25) is 0 Å². The first-order valence-electron chi connectivity index (χ1n) is 5.14. The lowest BCUT2D eigenvalue weighted by Crippen LogP contribution is -1.96. The maximum atomic E-state index is 8.91. The molecule has 0 aliphatic heterocycles. The monoisotopic (exact) mass is 310 g/mol. The normalized spacial score (nSPS) is 10.3. The number of aromatic nitrogens is 4. The van der Waals surface area contributed by atoms with Crippen molar-refractivity contribution in [1.29, 1.82) is 5.26 Å². The summed E-state index contributed by atoms with van der Waals surface area (Å²) < 4.78 is 0.876. The molecule has 0 fully saturated rings. The zero-order valence-corrected chi connectivity index (χ0v) is 10.9. The van der Waals surface area contributed by atoms with Crippen LogP contribution in [0.3, 0.4) is 0 Å². The zero-order valence-electron chi connectivity index (χ0n) is 9.29. The van der Waals surface area contributed by atoms with E-state index in [2.05, 4.69) is 40.7 Å². The van der Waals surface area contributed by atoms with Crippen LogP contribution in [0, 0.1) is 17.9 Å². The molecular formula is C12H3BrN6. The third-order valence-electron chi connectivity index (χ3n) is 2.44. The average molecular weight is 311 g/mol. The van der Waals surface area contributed by atoms with Gasteiger partial charge in [0.1, 0.15) is 6.07 Å². The number of fused-ring (bicyclic) bond motifs is 2. The van der Waals surface area contributed by atoms with Crippen molar-refractivity contribution in [2.75, 3.05) is 0 Å². The van der Waals surface area contributed by atoms with Crippen molar-refractivity contribution in [3.05, 3.63) is 39.8 Å². The van der Waals surface area contributed by atoms with Crippen LogP contribution in [0.1, 0.15) is 5.69 Å². The molecule has 0 bridgehead atoms. The molecule has 3 aromatic rings. The highest BCUT2D eigenvalue weighted by molar-refractivity contribution is 9.10.